The molecule has 0 bridgehead atoms. The van der Waals surface area contributed by atoms with E-state index in [1.165, 1.54) is 10.5 Å². The molecule has 1 aliphatic heterocycles. The van der Waals surface area contributed by atoms with Gasteiger partial charge in [-0.25, -0.2) is 0 Å². The van der Waals surface area contributed by atoms with E-state index in [1.54, 1.807) is 4.90 Å². The molecule has 1 fully saturated rings. The van der Waals surface area contributed by atoms with Gasteiger partial charge in [0.1, 0.15) is 45.1 Å². The van der Waals surface area contributed by atoms with E-state index < -0.39 is 0 Å². The number of piperazine rings is 1. The van der Waals surface area contributed by atoms with Crippen molar-refractivity contribution in [2.24, 2.45) is 0 Å². The summed E-state index contributed by atoms with van der Waals surface area (Å²) in [4.78, 5) is 15.4. The van der Waals surface area contributed by atoms with Gasteiger partial charge < -0.3 is 19.9 Å². The first-order valence-electron chi connectivity index (χ1n) is 10.2. The highest BCUT2D eigenvalue weighted by atomic mass is 16.5. The molecule has 5 nitrogen and oxygen atoms in total. The molecule has 0 radical (unpaired) electrons. The van der Waals surface area contributed by atoms with Crippen molar-refractivity contribution in [1.29, 1.82) is 0 Å². The lowest BCUT2D eigenvalue weighted by Gasteiger charge is -2.29. The van der Waals surface area contributed by atoms with Crippen LogP contribution in [-0.2, 0) is 4.79 Å². The fraction of sp³-hybridized carbons (Fsp3) is 0.435. The standard InChI is InChI=1S/C23H31N3O2/c1-18-6-4-9-21(16-18)28-15-14-25-10-12-26(13-11-25)17-22(27)24-23-19(2)7-5-8-20(23)3/h4-9,16H,10-15,17H2,1-3H3,(H,24,27)/p+2. The molecular formula is C23H33N3O2+2. The summed E-state index contributed by atoms with van der Waals surface area (Å²) in [6.07, 6.45) is 0. The van der Waals surface area contributed by atoms with Gasteiger partial charge in [0.05, 0.1) is 0 Å². The summed E-state index contributed by atoms with van der Waals surface area (Å²) in [7, 11) is 0. The van der Waals surface area contributed by atoms with Gasteiger partial charge >= 0.3 is 0 Å². The Bertz CT molecular complexity index is 778. The average Bonchev–Trinajstić information content (AvgIpc) is 2.66. The van der Waals surface area contributed by atoms with Gasteiger partial charge in [0, 0.05) is 5.69 Å². The monoisotopic (exact) mass is 383 g/mol. The molecule has 0 saturated carbocycles. The first kappa shape index (κ1) is 20.4. The predicted molar refractivity (Wildman–Crippen MR) is 112 cm³/mol. The van der Waals surface area contributed by atoms with E-state index in [4.69, 9.17) is 4.74 Å². The van der Waals surface area contributed by atoms with Gasteiger partial charge in [0.15, 0.2) is 6.54 Å². The van der Waals surface area contributed by atoms with E-state index in [0.717, 1.165) is 61.9 Å². The van der Waals surface area contributed by atoms with Crippen LogP contribution >= 0.6 is 0 Å². The number of aryl methyl sites for hydroxylation is 3. The van der Waals surface area contributed by atoms with Crippen molar-refractivity contribution in [3.63, 3.8) is 0 Å². The van der Waals surface area contributed by atoms with Crippen molar-refractivity contribution in [3.05, 3.63) is 59.2 Å². The number of amides is 1. The number of rotatable bonds is 7. The minimum absolute atomic E-state index is 0.110. The van der Waals surface area contributed by atoms with Gasteiger partial charge in [-0.15, -0.1) is 0 Å². The molecule has 1 heterocycles. The lowest BCUT2D eigenvalue weighted by atomic mass is 10.1. The number of quaternary nitrogens is 2. The third kappa shape index (κ3) is 5.81. The van der Waals surface area contributed by atoms with Crippen LogP contribution in [0.4, 0.5) is 5.69 Å². The molecule has 1 saturated heterocycles. The van der Waals surface area contributed by atoms with Crippen LogP contribution in [0.25, 0.3) is 0 Å². The molecule has 0 aliphatic carbocycles. The molecule has 150 valence electrons. The van der Waals surface area contributed by atoms with Crippen molar-refractivity contribution in [3.8, 4) is 5.75 Å². The first-order chi connectivity index (χ1) is 13.5. The second kappa shape index (κ2) is 9.71. The topological polar surface area (TPSA) is 47.2 Å². The van der Waals surface area contributed by atoms with Crippen LogP contribution in [-0.4, -0.2) is 51.8 Å². The molecule has 3 N–H and O–H groups in total. The summed E-state index contributed by atoms with van der Waals surface area (Å²) in [5, 5.41) is 3.11. The van der Waals surface area contributed by atoms with E-state index in [2.05, 4.69) is 24.4 Å². The van der Waals surface area contributed by atoms with Crippen molar-refractivity contribution in [2.75, 3.05) is 51.2 Å². The molecule has 0 aromatic heterocycles. The predicted octanol–water partition coefficient (Wildman–Crippen LogP) is 0.413. The minimum Gasteiger partial charge on any atom is -0.488 e. The number of ether oxygens (including phenoxy) is 1. The average molecular weight is 384 g/mol. The molecule has 2 aromatic carbocycles. The molecule has 28 heavy (non-hydrogen) atoms. The molecule has 2 aromatic rings. The van der Waals surface area contributed by atoms with Crippen molar-refractivity contribution >= 4 is 11.6 Å². The third-order valence-corrected chi connectivity index (χ3v) is 5.53. The fourth-order valence-electron chi connectivity index (χ4n) is 3.82. The summed E-state index contributed by atoms with van der Waals surface area (Å²) in [6, 6.07) is 14.3. The SMILES string of the molecule is Cc1cccc(OCC[NH+]2CC[NH+](CC(=O)Nc3c(C)cccc3C)CC2)c1. The molecule has 1 aliphatic rings. The fourth-order valence-corrected chi connectivity index (χ4v) is 3.82. The zero-order valence-corrected chi connectivity index (χ0v) is 17.3. The lowest BCUT2D eigenvalue weighted by molar-refractivity contribution is -1.01. The number of benzene rings is 2. The molecule has 1 amide bonds. The maximum absolute atomic E-state index is 12.5. The van der Waals surface area contributed by atoms with Crippen LogP contribution in [0.2, 0.25) is 0 Å². The second-order valence-corrected chi connectivity index (χ2v) is 7.91. The van der Waals surface area contributed by atoms with E-state index >= 15 is 0 Å². The Kier molecular flexibility index (Phi) is 7.06. The van der Waals surface area contributed by atoms with E-state index in [0.29, 0.717) is 6.54 Å². The van der Waals surface area contributed by atoms with Crippen LogP contribution in [0.5, 0.6) is 5.75 Å². The molecule has 3 rings (SSSR count). The molecule has 0 atom stereocenters. The van der Waals surface area contributed by atoms with Gasteiger partial charge in [0.2, 0.25) is 0 Å². The van der Waals surface area contributed by atoms with Gasteiger partial charge in [-0.1, -0.05) is 30.3 Å². The van der Waals surface area contributed by atoms with Gasteiger partial charge in [-0.3, -0.25) is 4.79 Å². The Labute approximate surface area is 168 Å². The van der Waals surface area contributed by atoms with E-state index in [9.17, 15) is 4.79 Å². The first-order valence-corrected chi connectivity index (χ1v) is 10.2. The number of nitrogens with one attached hydrogen (secondary N) is 3. The zero-order valence-electron chi connectivity index (χ0n) is 17.3. The number of carbonyl (C=O) groups excluding carboxylic acids is 1. The van der Waals surface area contributed by atoms with Crippen molar-refractivity contribution in [1.82, 2.24) is 0 Å². The van der Waals surface area contributed by atoms with Gasteiger partial charge in [-0.05, 0) is 49.6 Å². The number of anilines is 1. The summed E-state index contributed by atoms with van der Waals surface area (Å²) in [5.74, 6) is 1.06. The highest BCUT2D eigenvalue weighted by Gasteiger charge is 2.25. The Hall–Kier alpha value is -2.37. The van der Waals surface area contributed by atoms with Gasteiger partial charge in [0.25, 0.3) is 5.91 Å². The van der Waals surface area contributed by atoms with Crippen LogP contribution in [0.1, 0.15) is 16.7 Å². The number of hydrogen-bond donors (Lipinski definition) is 3. The lowest BCUT2D eigenvalue weighted by Crippen LogP contribution is -3.28. The maximum Gasteiger partial charge on any atom is 0.279 e. The number of hydrogen-bond acceptors (Lipinski definition) is 2. The van der Waals surface area contributed by atoms with Crippen molar-refractivity contribution in [2.45, 2.75) is 20.8 Å². The second-order valence-electron chi connectivity index (χ2n) is 7.91. The molecular weight excluding hydrogens is 350 g/mol. The summed E-state index contributed by atoms with van der Waals surface area (Å²) in [6.45, 7) is 12.7. The highest BCUT2D eigenvalue weighted by Crippen LogP contribution is 2.18. The number of para-hydroxylation sites is 1. The van der Waals surface area contributed by atoms with Crippen LogP contribution in [0.15, 0.2) is 42.5 Å². The summed E-state index contributed by atoms with van der Waals surface area (Å²) >= 11 is 0. The molecule has 0 unspecified atom stereocenters. The van der Waals surface area contributed by atoms with Crippen LogP contribution in [0.3, 0.4) is 0 Å². The van der Waals surface area contributed by atoms with Crippen LogP contribution in [0, 0.1) is 20.8 Å². The molecule has 5 heteroatoms. The minimum atomic E-state index is 0.110. The smallest absolute Gasteiger partial charge is 0.279 e. The number of carbonyl (C=O) groups is 1. The van der Waals surface area contributed by atoms with E-state index in [1.807, 2.05) is 44.2 Å². The Morgan fingerprint density at radius 2 is 1.61 bits per heavy atom. The summed E-state index contributed by atoms with van der Waals surface area (Å²) in [5.41, 5.74) is 4.42. The van der Waals surface area contributed by atoms with Gasteiger partial charge in [-0.2, -0.15) is 0 Å². The summed E-state index contributed by atoms with van der Waals surface area (Å²) < 4.78 is 5.88. The van der Waals surface area contributed by atoms with Crippen molar-refractivity contribution < 1.29 is 19.3 Å². The normalized spacial score (nSPS) is 19.2. The third-order valence-electron chi connectivity index (χ3n) is 5.53. The Balaban J connectivity index is 1.37. The van der Waals surface area contributed by atoms with E-state index in [-0.39, 0.29) is 5.91 Å². The molecule has 0 spiro atoms. The Morgan fingerprint density at radius 1 is 0.964 bits per heavy atom. The highest BCUT2D eigenvalue weighted by molar-refractivity contribution is 5.93. The quantitative estimate of drug-likeness (QED) is 0.649. The Morgan fingerprint density at radius 3 is 2.29 bits per heavy atom. The van der Waals surface area contributed by atoms with Crippen LogP contribution < -0.4 is 19.9 Å². The zero-order chi connectivity index (χ0) is 19.9. The maximum atomic E-state index is 12.5. The largest absolute Gasteiger partial charge is 0.488 e.